The Labute approximate surface area is 117 Å². The monoisotopic (exact) mass is 254 g/mol. The molecule has 1 aromatic carbocycles. The second-order valence-corrected chi connectivity index (χ2v) is 3.65. The predicted octanol–water partition coefficient (Wildman–Crippen LogP) is 0.944. The third-order valence-corrected chi connectivity index (χ3v) is 2.31. The van der Waals surface area contributed by atoms with E-state index in [0.29, 0.717) is 11.3 Å². The van der Waals surface area contributed by atoms with Crippen molar-refractivity contribution in [1.82, 2.24) is 0 Å². The Bertz CT molecular complexity index is 411. The van der Waals surface area contributed by atoms with E-state index in [-0.39, 0.29) is 41.0 Å². The van der Waals surface area contributed by atoms with Crippen molar-refractivity contribution < 1.29 is 18.4 Å². The first-order valence-corrected chi connectivity index (χ1v) is 5.21. The molecule has 1 N–H and O–H groups in total. The van der Waals surface area contributed by atoms with Gasteiger partial charge < -0.3 is 9.29 Å². The van der Waals surface area contributed by atoms with Crippen LogP contribution in [-0.4, -0.2) is 50.4 Å². The van der Waals surface area contributed by atoms with Gasteiger partial charge in [-0.3, -0.25) is 10.1 Å². The van der Waals surface area contributed by atoms with Crippen LogP contribution < -0.4 is 4.74 Å². The van der Waals surface area contributed by atoms with Crippen molar-refractivity contribution in [2.75, 3.05) is 7.11 Å². The number of nitro groups is 1. The molecular weight excluding hydrogens is 245 g/mol. The van der Waals surface area contributed by atoms with Crippen molar-refractivity contribution in [2.45, 2.75) is 5.75 Å². The molecule has 83 valence electrons. The maximum absolute atomic E-state index is 10.6. The Kier molecular flexibility index (Phi) is 6.77. The molecule has 0 aromatic heterocycles. The first-order chi connectivity index (χ1) is 7.04. The van der Waals surface area contributed by atoms with Crippen LogP contribution in [0.4, 0.5) is 5.69 Å². The maximum Gasteiger partial charge on any atom is 0.270 e. The first kappa shape index (κ1) is 15.5. The van der Waals surface area contributed by atoms with Crippen LogP contribution in [0, 0.1) is 10.1 Å². The minimum absolute atomic E-state index is 0. The summed E-state index contributed by atoms with van der Waals surface area (Å²) in [5, 5.41) is 10.5. The summed E-state index contributed by atoms with van der Waals surface area (Å²) in [6, 6.07) is 3.91. The molecule has 0 aliphatic heterocycles. The molecule has 1 radical (unpaired) electrons. The maximum atomic E-state index is 10.6. The molecule has 0 spiro atoms. The van der Waals surface area contributed by atoms with Gasteiger partial charge in [-0.05, 0) is 6.07 Å². The molecule has 16 heavy (non-hydrogen) atoms. The number of ether oxygens (including phenoxy) is 1. The SMILES string of the molecule is COc1ccc([N+](=O)[O-])cc1CS(=O)O.[Na]. The fourth-order valence-corrected chi connectivity index (χ4v) is 1.62. The number of hydrogen-bond donors (Lipinski definition) is 1. The Morgan fingerprint density at radius 1 is 1.56 bits per heavy atom. The van der Waals surface area contributed by atoms with Crippen LogP contribution in [0.15, 0.2) is 18.2 Å². The molecule has 1 atom stereocenters. The molecular formula is C8H9NNaO5S. The van der Waals surface area contributed by atoms with E-state index < -0.39 is 16.0 Å². The van der Waals surface area contributed by atoms with Gasteiger partial charge in [-0.25, -0.2) is 4.21 Å². The molecule has 0 heterocycles. The van der Waals surface area contributed by atoms with E-state index in [1.807, 2.05) is 0 Å². The van der Waals surface area contributed by atoms with Crippen molar-refractivity contribution in [2.24, 2.45) is 0 Å². The predicted molar refractivity (Wildman–Crippen MR) is 59.9 cm³/mol. The number of rotatable bonds is 4. The van der Waals surface area contributed by atoms with Gasteiger partial charge in [0.05, 0.1) is 17.8 Å². The van der Waals surface area contributed by atoms with Crippen molar-refractivity contribution in [1.29, 1.82) is 0 Å². The Balaban J connectivity index is 0.00000225. The van der Waals surface area contributed by atoms with E-state index in [2.05, 4.69) is 0 Å². The quantitative estimate of drug-likeness (QED) is 0.374. The Morgan fingerprint density at radius 3 is 2.62 bits per heavy atom. The summed E-state index contributed by atoms with van der Waals surface area (Å²) in [7, 11) is 1.39. The molecule has 1 rings (SSSR count). The third kappa shape index (κ3) is 4.18. The molecule has 6 nitrogen and oxygen atoms in total. The van der Waals surface area contributed by atoms with Crippen LogP contribution in [-0.2, 0) is 16.8 Å². The summed E-state index contributed by atoms with van der Waals surface area (Å²) in [6.07, 6.45) is 0. The summed E-state index contributed by atoms with van der Waals surface area (Å²) in [5.41, 5.74) is 0.212. The van der Waals surface area contributed by atoms with E-state index in [1.54, 1.807) is 0 Å². The molecule has 1 unspecified atom stereocenters. The topological polar surface area (TPSA) is 89.7 Å². The molecule has 1 aromatic rings. The van der Waals surface area contributed by atoms with E-state index in [9.17, 15) is 14.3 Å². The smallest absolute Gasteiger partial charge is 0.270 e. The number of nitrogens with zero attached hydrogens (tertiary/aromatic N) is 1. The van der Waals surface area contributed by atoms with E-state index >= 15 is 0 Å². The number of nitro benzene ring substituents is 1. The standard InChI is InChI=1S/C8H9NO5S.Na/c1-14-8-3-2-7(9(10)11)4-6(8)5-15(12)13;/h2-4H,5H2,1H3,(H,12,13);. The number of benzene rings is 1. The van der Waals surface area contributed by atoms with Crippen molar-refractivity contribution in [3.05, 3.63) is 33.9 Å². The third-order valence-electron chi connectivity index (χ3n) is 1.75. The Morgan fingerprint density at radius 2 is 2.19 bits per heavy atom. The Hall–Kier alpha value is -0.470. The van der Waals surface area contributed by atoms with Gasteiger partial charge in [-0.2, -0.15) is 0 Å². The normalized spacial score (nSPS) is 11.4. The van der Waals surface area contributed by atoms with Gasteiger partial charge in [-0.15, -0.1) is 0 Å². The van der Waals surface area contributed by atoms with Crippen molar-refractivity contribution >= 4 is 46.3 Å². The van der Waals surface area contributed by atoms with E-state index in [4.69, 9.17) is 9.29 Å². The largest absolute Gasteiger partial charge is 0.496 e. The summed E-state index contributed by atoms with van der Waals surface area (Å²) < 4.78 is 24.2. The van der Waals surface area contributed by atoms with Gasteiger partial charge >= 0.3 is 0 Å². The average molecular weight is 254 g/mol. The summed E-state index contributed by atoms with van der Waals surface area (Å²) in [6.45, 7) is 0. The van der Waals surface area contributed by atoms with Crippen LogP contribution >= 0.6 is 0 Å². The fraction of sp³-hybridized carbons (Fsp3) is 0.250. The van der Waals surface area contributed by atoms with Crippen molar-refractivity contribution in [3.63, 3.8) is 0 Å². The van der Waals surface area contributed by atoms with Crippen LogP contribution in [0.3, 0.4) is 0 Å². The molecule has 0 saturated carbocycles. The molecule has 0 amide bonds. The van der Waals surface area contributed by atoms with Crippen LogP contribution in [0.25, 0.3) is 0 Å². The zero-order chi connectivity index (χ0) is 11.4. The minimum Gasteiger partial charge on any atom is -0.496 e. The minimum atomic E-state index is -2.05. The molecule has 8 heteroatoms. The van der Waals surface area contributed by atoms with E-state index in [0.717, 1.165) is 0 Å². The van der Waals surface area contributed by atoms with Gasteiger partial charge in [0.15, 0.2) is 11.1 Å². The van der Waals surface area contributed by atoms with Crippen LogP contribution in [0.1, 0.15) is 5.56 Å². The second kappa shape index (κ2) is 6.97. The molecule has 0 bridgehead atoms. The molecule has 0 saturated heterocycles. The van der Waals surface area contributed by atoms with Gasteiger partial charge in [0.2, 0.25) is 0 Å². The zero-order valence-corrected chi connectivity index (χ0v) is 11.7. The molecule has 0 aliphatic rings. The fourth-order valence-electron chi connectivity index (χ4n) is 1.12. The van der Waals surface area contributed by atoms with E-state index in [1.165, 1.54) is 25.3 Å². The van der Waals surface area contributed by atoms with Crippen LogP contribution in [0.5, 0.6) is 5.75 Å². The summed E-state index contributed by atoms with van der Waals surface area (Å²) in [4.78, 5) is 9.90. The van der Waals surface area contributed by atoms with Gasteiger partial charge in [-0.1, -0.05) is 0 Å². The number of non-ortho nitro benzene ring substituents is 1. The average Bonchev–Trinajstić information content (AvgIpc) is 2.16. The van der Waals surface area contributed by atoms with Gasteiger partial charge in [0.25, 0.3) is 5.69 Å². The zero-order valence-electron chi connectivity index (χ0n) is 8.87. The van der Waals surface area contributed by atoms with Crippen molar-refractivity contribution in [3.8, 4) is 5.75 Å². The summed E-state index contributed by atoms with van der Waals surface area (Å²) >= 11 is -2.05. The van der Waals surface area contributed by atoms with Gasteiger partial charge in [0.1, 0.15) is 5.75 Å². The van der Waals surface area contributed by atoms with Crippen LogP contribution in [0.2, 0.25) is 0 Å². The number of methoxy groups -OCH3 is 1. The van der Waals surface area contributed by atoms with Gasteiger partial charge in [0, 0.05) is 47.3 Å². The second-order valence-electron chi connectivity index (χ2n) is 2.72. The first-order valence-electron chi connectivity index (χ1n) is 3.93. The molecule has 0 aliphatic carbocycles. The summed E-state index contributed by atoms with van der Waals surface area (Å²) in [5.74, 6) is 0.174. The molecule has 0 fully saturated rings. The number of hydrogen-bond acceptors (Lipinski definition) is 4.